The van der Waals surface area contributed by atoms with Gasteiger partial charge < -0.3 is 58.0 Å². The van der Waals surface area contributed by atoms with Crippen LogP contribution in [0.25, 0.3) is 0 Å². The van der Waals surface area contributed by atoms with Crippen molar-refractivity contribution in [3.05, 3.63) is 41.0 Å². The largest absolute Gasteiger partial charge is 0.502 e. The second-order valence-corrected chi connectivity index (χ2v) is 10.4. The summed E-state index contributed by atoms with van der Waals surface area (Å²) in [4.78, 5) is 13.8. The molecule has 4 aliphatic heterocycles. The van der Waals surface area contributed by atoms with Gasteiger partial charge in [-0.1, -0.05) is 0 Å². The number of ether oxygens (including phenoxy) is 9. The highest BCUT2D eigenvalue weighted by molar-refractivity contribution is 5.79. The van der Waals surface area contributed by atoms with Crippen LogP contribution in [0.15, 0.2) is 24.3 Å². The smallest absolute Gasteiger partial charge is 0.310 e. The number of aliphatic hydroxyl groups excluding tert-OH is 2. The van der Waals surface area contributed by atoms with Gasteiger partial charge >= 0.3 is 5.97 Å². The van der Waals surface area contributed by atoms with Crippen LogP contribution in [0.4, 0.5) is 0 Å². The fourth-order valence-electron chi connectivity index (χ4n) is 6.02. The first kappa shape index (κ1) is 23.2. The van der Waals surface area contributed by atoms with E-state index in [9.17, 15) is 22.9 Å². The number of hydrogen-bond donors (Lipinski definition) is 3. The van der Waals surface area contributed by atoms with E-state index in [2.05, 4.69) is 0 Å². The second kappa shape index (κ2) is 10.4. The Balaban J connectivity index is 1.43. The maximum atomic E-state index is 13.8. The molecule has 13 heteroatoms. The number of phenolic OH excluding ortho intramolecular Hbond substituents is 1. The number of carbonyl (C=O) groups excluding carboxylic acids is 1. The lowest BCUT2D eigenvalue weighted by atomic mass is 9.66. The Labute approximate surface area is 246 Å². The Bertz CT molecular complexity index is 1550. The Morgan fingerprint density at radius 3 is 2.36 bits per heavy atom. The second-order valence-electron chi connectivity index (χ2n) is 10.4. The van der Waals surface area contributed by atoms with E-state index < -0.39 is 79.1 Å². The molecule has 1 aliphatic carbocycles. The minimum Gasteiger partial charge on any atom is -0.502 e. The molecule has 226 valence electrons. The van der Waals surface area contributed by atoms with E-state index in [1.165, 1.54) is 38.5 Å². The monoisotopic (exact) mass is 592 g/mol. The summed E-state index contributed by atoms with van der Waals surface area (Å²) in [6, 6.07) is 5.35. The molecule has 2 aromatic rings. The number of cyclic esters (lactones) is 1. The van der Waals surface area contributed by atoms with Crippen LogP contribution in [0.3, 0.4) is 0 Å². The summed E-state index contributed by atoms with van der Waals surface area (Å²) in [6.07, 6.45) is -8.92. The standard InChI is InChI=1S/C29H32O13/c1-11-36-9-20-27(40-11)24(31)25(32)29(41-20)42-26-14-7-17-16(38-10-39-17)6-13(14)21(22-15(26)8-37-28(22)33)12-4-18(34-2)23(30)19(5-12)35-3/h4-7,11,15,20-22,24-27,29-32H,8-10H2,1-3H3/t11-,15+,20-,21-,22+,24-,25-,26-,27-,29+/m1/s1/i8D2,21D,22D. The number of esters is 1. The number of fused-ring (bicyclic) bond motifs is 4. The first-order chi connectivity index (χ1) is 21.8. The van der Waals surface area contributed by atoms with E-state index in [-0.39, 0.29) is 53.1 Å². The van der Waals surface area contributed by atoms with Gasteiger partial charge in [0.2, 0.25) is 12.5 Å². The van der Waals surface area contributed by atoms with E-state index in [0.29, 0.717) is 0 Å². The number of aliphatic hydroxyl groups is 2. The van der Waals surface area contributed by atoms with Crippen LogP contribution in [0.5, 0.6) is 28.7 Å². The molecular formula is C29H32O13. The average Bonchev–Trinajstić information content (AvgIpc) is 3.56. The number of carbonyl (C=O) groups is 1. The number of rotatable bonds is 5. The maximum absolute atomic E-state index is 13.8. The van der Waals surface area contributed by atoms with Crippen molar-refractivity contribution in [2.45, 2.75) is 55.9 Å². The molecule has 13 nitrogen and oxygen atoms in total. The summed E-state index contributed by atoms with van der Waals surface area (Å²) in [5.74, 6) is -8.75. The van der Waals surface area contributed by atoms with Crippen molar-refractivity contribution >= 4 is 5.97 Å². The number of aromatic hydroxyl groups is 1. The number of hydrogen-bond acceptors (Lipinski definition) is 13. The lowest BCUT2D eigenvalue weighted by Gasteiger charge is -2.47. The van der Waals surface area contributed by atoms with Crippen LogP contribution in [0.1, 0.15) is 41.1 Å². The van der Waals surface area contributed by atoms with Crippen molar-refractivity contribution < 1.29 is 68.2 Å². The zero-order chi connectivity index (χ0) is 32.9. The van der Waals surface area contributed by atoms with Gasteiger partial charge in [0.1, 0.15) is 24.4 Å². The third-order valence-corrected chi connectivity index (χ3v) is 8.04. The molecule has 3 saturated heterocycles. The van der Waals surface area contributed by atoms with E-state index in [1.54, 1.807) is 6.92 Å². The molecule has 3 N–H and O–H groups in total. The molecule has 0 radical (unpaired) electrons. The molecule has 0 aromatic heterocycles. The first-order valence-electron chi connectivity index (χ1n) is 15.3. The molecular weight excluding hydrogens is 556 g/mol. The maximum Gasteiger partial charge on any atom is 0.310 e. The molecule has 3 fully saturated rings. The summed E-state index contributed by atoms with van der Waals surface area (Å²) in [6.45, 7) is -1.45. The zero-order valence-electron chi connectivity index (χ0n) is 26.8. The van der Waals surface area contributed by atoms with Crippen molar-refractivity contribution in [1.29, 1.82) is 0 Å². The summed E-state index contributed by atoms with van der Waals surface area (Å²) in [7, 11) is 2.54. The molecule has 7 rings (SSSR count). The third-order valence-electron chi connectivity index (χ3n) is 8.04. The summed E-state index contributed by atoms with van der Waals surface area (Å²) < 4.78 is 87.7. The lowest BCUT2D eigenvalue weighted by molar-refractivity contribution is -0.364. The van der Waals surface area contributed by atoms with Crippen LogP contribution in [-0.2, 0) is 28.5 Å². The highest BCUT2D eigenvalue weighted by Crippen LogP contribution is 2.57. The quantitative estimate of drug-likeness (QED) is 0.427. The van der Waals surface area contributed by atoms with E-state index in [1.807, 2.05) is 0 Å². The van der Waals surface area contributed by atoms with Crippen LogP contribution >= 0.6 is 0 Å². The fourth-order valence-corrected chi connectivity index (χ4v) is 6.02. The van der Waals surface area contributed by atoms with Gasteiger partial charge in [-0.2, -0.15) is 0 Å². The molecule has 5 aliphatic rings. The molecule has 4 heterocycles. The topological polar surface area (TPSA) is 161 Å². The Hall–Kier alpha value is -3.33. The zero-order valence-corrected chi connectivity index (χ0v) is 22.8. The van der Waals surface area contributed by atoms with Crippen molar-refractivity contribution in [3.8, 4) is 28.7 Å². The van der Waals surface area contributed by atoms with Gasteiger partial charge in [-0.25, -0.2) is 0 Å². The SMILES string of the molecule is [2H]C1([2H])OC(=O)[C@@]2([2H])[C@H]1[C@H](O[C@@H]1O[C@@H]3CO[C@@H](C)O[C@H]3[C@H](O)[C@H]1O)c1cc3c(cc1[C@@]2([2H])c1cc(OC)c(O)c(OC)c1)OCO3. The predicted molar refractivity (Wildman–Crippen MR) is 138 cm³/mol. The van der Waals surface area contributed by atoms with Gasteiger partial charge in [-0.3, -0.25) is 4.79 Å². The van der Waals surface area contributed by atoms with Crippen LogP contribution in [0.2, 0.25) is 0 Å². The van der Waals surface area contributed by atoms with Gasteiger partial charge in [0.25, 0.3) is 0 Å². The van der Waals surface area contributed by atoms with E-state index in [0.717, 1.165) is 0 Å². The van der Waals surface area contributed by atoms with Gasteiger partial charge in [0.15, 0.2) is 35.6 Å². The van der Waals surface area contributed by atoms with Gasteiger partial charge in [0, 0.05) is 14.6 Å². The Morgan fingerprint density at radius 1 is 0.976 bits per heavy atom. The van der Waals surface area contributed by atoms with Crippen LogP contribution in [0, 0.1) is 11.8 Å². The van der Waals surface area contributed by atoms with Crippen molar-refractivity contribution in [2.24, 2.45) is 11.8 Å². The Kier molecular flexibility index (Phi) is 5.76. The van der Waals surface area contributed by atoms with E-state index in [4.69, 9.17) is 45.4 Å². The molecule has 2 aromatic carbocycles. The normalized spacial score (nSPS) is 42.5. The van der Waals surface area contributed by atoms with Crippen molar-refractivity contribution in [1.82, 2.24) is 0 Å². The molecule has 0 amide bonds. The van der Waals surface area contributed by atoms with Crippen molar-refractivity contribution in [3.63, 3.8) is 0 Å². The minimum atomic E-state index is -2.89. The number of methoxy groups -OCH3 is 2. The highest BCUT2D eigenvalue weighted by atomic mass is 16.8. The number of phenols is 1. The fraction of sp³-hybridized carbons (Fsp3) is 0.552. The van der Waals surface area contributed by atoms with Crippen molar-refractivity contribution in [2.75, 3.05) is 34.2 Å². The molecule has 10 atom stereocenters. The lowest BCUT2D eigenvalue weighted by Crippen LogP contribution is -2.63. The summed E-state index contributed by atoms with van der Waals surface area (Å²) in [5, 5.41) is 32.7. The van der Waals surface area contributed by atoms with Gasteiger partial charge in [-0.15, -0.1) is 0 Å². The van der Waals surface area contributed by atoms with Gasteiger partial charge in [0.05, 0.1) is 42.1 Å². The molecule has 0 bridgehead atoms. The van der Waals surface area contributed by atoms with Gasteiger partial charge in [-0.05, 0) is 47.9 Å². The molecule has 0 spiro atoms. The van der Waals surface area contributed by atoms with Crippen LogP contribution < -0.4 is 18.9 Å². The Morgan fingerprint density at radius 2 is 1.67 bits per heavy atom. The molecule has 0 saturated carbocycles. The average molecular weight is 593 g/mol. The van der Waals surface area contributed by atoms with E-state index >= 15 is 0 Å². The summed E-state index contributed by atoms with van der Waals surface area (Å²) in [5.41, 5.74) is -0.0122. The minimum absolute atomic E-state index is 0.00992. The molecule has 0 unspecified atom stereocenters. The molecule has 42 heavy (non-hydrogen) atoms. The first-order valence-corrected chi connectivity index (χ1v) is 13.3. The van der Waals surface area contributed by atoms with Crippen LogP contribution in [-0.4, -0.2) is 92.5 Å². The summed E-state index contributed by atoms with van der Waals surface area (Å²) >= 11 is 0. The predicted octanol–water partition coefficient (Wildman–Crippen LogP) is 1.34. The highest BCUT2D eigenvalue weighted by Gasteiger charge is 2.56. The third kappa shape index (κ3) is 4.26. The number of benzene rings is 2.